The van der Waals surface area contributed by atoms with E-state index in [2.05, 4.69) is 15.4 Å². The van der Waals surface area contributed by atoms with Gasteiger partial charge >= 0.3 is 5.69 Å². The highest BCUT2D eigenvalue weighted by Gasteiger charge is 2.08. The number of anilines is 1. The molecule has 1 aromatic heterocycles. The Morgan fingerprint density at radius 3 is 2.82 bits per heavy atom. The highest BCUT2D eigenvalue weighted by molar-refractivity contribution is 6.30. The summed E-state index contributed by atoms with van der Waals surface area (Å²) in [5.41, 5.74) is 2.53. The van der Waals surface area contributed by atoms with E-state index in [1.807, 2.05) is 0 Å². The van der Waals surface area contributed by atoms with E-state index in [0.29, 0.717) is 10.8 Å². The van der Waals surface area contributed by atoms with Crippen LogP contribution in [0.5, 0.6) is 0 Å². The lowest BCUT2D eigenvalue weighted by Gasteiger charge is -2.08. The van der Waals surface area contributed by atoms with Crippen LogP contribution < -0.4 is 17.0 Å². The number of nitrogen functional groups attached to an aromatic ring is 1. The molecule has 88 valence electrons. The Morgan fingerprint density at radius 1 is 1.41 bits per heavy atom. The largest absolute Gasteiger partial charge is 0.352 e. The van der Waals surface area contributed by atoms with Gasteiger partial charge in [-0.1, -0.05) is 23.7 Å². The smallest absolute Gasteiger partial charge is 0.292 e. The number of nitrogens with one attached hydrogen (secondary N) is 1. The van der Waals surface area contributed by atoms with Crippen LogP contribution in [0.15, 0.2) is 29.1 Å². The van der Waals surface area contributed by atoms with E-state index in [1.54, 1.807) is 31.3 Å². The monoisotopic (exact) mass is 251 g/mol. The van der Waals surface area contributed by atoms with Gasteiger partial charge in [0.15, 0.2) is 0 Å². The molecule has 2 rings (SSSR count). The molecule has 0 atom stereocenters. The molecule has 0 bridgehead atoms. The van der Waals surface area contributed by atoms with Crippen molar-refractivity contribution < 1.29 is 0 Å². The number of benzene rings is 1. The fourth-order valence-corrected chi connectivity index (χ4v) is 1.60. The molecular weight excluding hydrogens is 242 g/mol. The predicted octanol–water partition coefficient (Wildman–Crippen LogP) is 0.781. The maximum Gasteiger partial charge on any atom is 0.352 e. The van der Waals surface area contributed by atoms with Crippen LogP contribution >= 0.6 is 11.6 Å². The molecule has 6 nitrogen and oxygen atoms in total. The number of rotatable bonds is 2. The molecule has 0 radical (unpaired) electrons. The molecule has 0 aliphatic rings. The summed E-state index contributed by atoms with van der Waals surface area (Å²) in [6, 6.07) is 7.03. The fraction of sp³-hybridized carbons (Fsp3) is 0.100. The van der Waals surface area contributed by atoms with Gasteiger partial charge in [0.1, 0.15) is 5.82 Å². The van der Waals surface area contributed by atoms with Gasteiger partial charge < -0.3 is 0 Å². The van der Waals surface area contributed by atoms with Crippen molar-refractivity contribution in [2.75, 3.05) is 5.43 Å². The summed E-state index contributed by atoms with van der Waals surface area (Å²) in [5.74, 6) is 5.71. The molecule has 3 N–H and O–H groups in total. The zero-order valence-electron chi connectivity index (χ0n) is 9.01. The molecule has 0 aliphatic heterocycles. The van der Waals surface area contributed by atoms with Crippen molar-refractivity contribution in [3.05, 3.63) is 39.8 Å². The summed E-state index contributed by atoms with van der Waals surface area (Å²) >= 11 is 5.89. The Balaban J connectivity index is 2.66. The molecule has 0 amide bonds. The minimum Gasteiger partial charge on any atom is -0.292 e. The lowest BCUT2D eigenvalue weighted by molar-refractivity contribution is 0.785. The van der Waals surface area contributed by atoms with Crippen molar-refractivity contribution in [3.63, 3.8) is 0 Å². The number of nitrogens with two attached hydrogens (primary N) is 1. The quantitative estimate of drug-likeness (QED) is 0.609. The molecule has 7 heteroatoms. The molecule has 17 heavy (non-hydrogen) atoms. The van der Waals surface area contributed by atoms with Gasteiger partial charge in [-0.2, -0.15) is 9.97 Å². The third kappa shape index (κ3) is 2.27. The van der Waals surface area contributed by atoms with Crippen molar-refractivity contribution in [2.24, 2.45) is 12.9 Å². The standard InChI is InChI=1S/C10H10ClN5O/c1-16-8(6-3-2-4-7(11)5-6)13-9(15-12)14-10(16)17/h2-5H,12H2,1H3,(H,14,15,17). The summed E-state index contributed by atoms with van der Waals surface area (Å²) < 4.78 is 1.33. The number of hydrazine groups is 1. The highest BCUT2D eigenvalue weighted by atomic mass is 35.5. The normalized spacial score (nSPS) is 10.3. The van der Waals surface area contributed by atoms with Crippen molar-refractivity contribution in [1.29, 1.82) is 0 Å². The van der Waals surface area contributed by atoms with Crippen molar-refractivity contribution >= 4 is 17.5 Å². The minimum atomic E-state index is -0.442. The van der Waals surface area contributed by atoms with Crippen LogP contribution in [-0.4, -0.2) is 14.5 Å². The lowest BCUT2D eigenvalue weighted by Crippen LogP contribution is -2.26. The SMILES string of the molecule is Cn1c(-c2cccc(Cl)c2)nc(NN)nc1=O. The van der Waals surface area contributed by atoms with Crippen LogP contribution in [0.4, 0.5) is 5.95 Å². The zero-order valence-corrected chi connectivity index (χ0v) is 9.77. The van der Waals surface area contributed by atoms with E-state index in [4.69, 9.17) is 17.4 Å². The second kappa shape index (κ2) is 4.52. The van der Waals surface area contributed by atoms with Gasteiger partial charge in [0.05, 0.1) is 0 Å². The van der Waals surface area contributed by atoms with E-state index in [-0.39, 0.29) is 5.95 Å². The summed E-state index contributed by atoms with van der Waals surface area (Å²) in [7, 11) is 1.58. The Morgan fingerprint density at radius 2 is 2.18 bits per heavy atom. The molecule has 1 aromatic carbocycles. The van der Waals surface area contributed by atoms with Crippen molar-refractivity contribution in [1.82, 2.24) is 14.5 Å². The number of hydrogen-bond acceptors (Lipinski definition) is 5. The number of hydrogen-bond donors (Lipinski definition) is 2. The van der Waals surface area contributed by atoms with E-state index < -0.39 is 5.69 Å². The highest BCUT2D eigenvalue weighted by Crippen LogP contribution is 2.19. The van der Waals surface area contributed by atoms with Gasteiger partial charge in [0.2, 0.25) is 5.95 Å². The third-order valence-corrected chi connectivity index (χ3v) is 2.46. The summed E-state index contributed by atoms with van der Waals surface area (Å²) in [6.07, 6.45) is 0. The first-order chi connectivity index (χ1) is 8.11. The van der Waals surface area contributed by atoms with Crippen LogP contribution in [0.3, 0.4) is 0 Å². The second-order valence-electron chi connectivity index (χ2n) is 3.37. The number of halogens is 1. The molecule has 1 heterocycles. The maximum absolute atomic E-state index is 11.6. The van der Waals surface area contributed by atoms with E-state index in [1.165, 1.54) is 4.57 Å². The average Bonchev–Trinajstić information content (AvgIpc) is 2.32. The number of nitrogens with zero attached hydrogens (tertiary/aromatic N) is 3. The molecule has 0 fully saturated rings. The third-order valence-electron chi connectivity index (χ3n) is 2.23. The maximum atomic E-state index is 11.6. The zero-order chi connectivity index (χ0) is 12.4. The Labute approximate surface area is 102 Å². The average molecular weight is 252 g/mol. The van der Waals surface area contributed by atoms with Crippen molar-refractivity contribution in [2.45, 2.75) is 0 Å². The van der Waals surface area contributed by atoms with Gasteiger partial charge in [-0.15, -0.1) is 0 Å². The Kier molecular flexibility index (Phi) is 3.08. The Bertz CT molecular complexity index is 610. The van der Waals surface area contributed by atoms with Crippen LogP contribution in [0, 0.1) is 0 Å². The van der Waals surface area contributed by atoms with Gasteiger partial charge in [-0.05, 0) is 12.1 Å². The van der Waals surface area contributed by atoms with E-state index in [9.17, 15) is 4.79 Å². The van der Waals surface area contributed by atoms with Crippen LogP contribution in [0.1, 0.15) is 0 Å². The molecule has 0 saturated heterocycles. The minimum absolute atomic E-state index is 0.0723. The van der Waals surface area contributed by atoms with Crippen LogP contribution in [0.2, 0.25) is 5.02 Å². The predicted molar refractivity (Wildman–Crippen MR) is 65.5 cm³/mol. The summed E-state index contributed by atoms with van der Waals surface area (Å²) in [4.78, 5) is 19.3. The second-order valence-corrected chi connectivity index (χ2v) is 3.80. The van der Waals surface area contributed by atoms with Gasteiger partial charge in [-0.3, -0.25) is 9.99 Å². The molecule has 0 aliphatic carbocycles. The van der Waals surface area contributed by atoms with Crippen LogP contribution in [0.25, 0.3) is 11.4 Å². The first-order valence-corrected chi connectivity index (χ1v) is 5.17. The van der Waals surface area contributed by atoms with Crippen LogP contribution in [-0.2, 0) is 7.05 Å². The van der Waals surface area contributed by atoms with E-state index in [0.717, 1.165) is 5.56 Å². The summed E-state index contributed by atoms with van der Waals surface area (Å²) in [5, 5.41) is 0.566. The molecule has 2 aromatic rings. The fourth-order valence-electron chi connectivity index (χ4n) is 1.41. The first-order valence-electron chi connectivity index (χ1n) is 4.79. The van der Waals surface area contributed by atoms with E-state index >= 15 is 0 Å². The topological polar surface area (TPSA) is 85.8 Å². The van der Waals surface area contributed by atoms with Gasteiger partial charge in [0.25, 0.3) is 0 Å². The summed E-state index contributed by atoms with van der Waals surface area (Å²) in [6.45, 7) is 0. The molecule has 0 saturated carbocycles. The van der Waals surface area contributed by atoms with Crippen molar-refractivity contribution in [3.8, 4) is 11.4 Å². The first kappa shape index (κ1) is 11.6. The van der Waals surface area contributed by atoms with Gasteiger partial charge in [-0.25, -0.2) is 10.6 Å². The molecule has 0 unspecified atom stereocenters. The molecule has 0 spiro atoms. The Hall–Kier alpha value is -1.92. The number of aromatic nitrogens is 3. The lowest BCUT2D eigenvalue weighted by atomic mass is 10.2. The molecular formula is C10H10ClN5O. The van der Waals surface area contributed by atoms with Gasteiger partial charge in [0, 0.05) is 17.6 Å².